The summed E-state index contributed by atoms with van der Waals surface area (Å²) < 4.78 is 6.38. The molecule has 0 bridgehead atoms. The van der Waals surface area contributed by atoms with Crippen LogP contribution in [-0.2, 0) is 21.5 Å². The predicted octanol–water partition coefficient (Wildman–Crippen LogP) is 3.13. The van der Waals surface area contributed by atoms with Gasteiger partial charge in [0.15, 0.2) is 0 Å². The molecule has 0 radical (unpaired) electrons. The maximum atomic E-state index is 13.1. The lowest BCUT2D eigenvalue weighted by molar-refractivity contribution is -0.146. The molecular formula is C19H20N2O4S. The molecule has 2 aromatic heterocycles. The summed E-state index contributed by atoms with van der Waals surface area (Å²) in [6, 6.07) is 11.5. The van der Waals surface area contributed by atoms with Gasteiger partial charge in [0.1, 0.15) is 16.2 Å². The number of rotatable bonds is 6. The van der Waals surface area contributed by atoms with Crippen molar-refractivity contribution in [1.29, 1.82) is 0 Å². The summed E-state index contributed by atoms with van der Waals surface area (Å²) >= 11 is 1.43. The lowest BCUT2D eigenvalue weighted by atomic mass is 10.0. The molecule has 3 aromatic rings. The molecular weight excluding hydrogens is 352 g/mol. The molecule has 0 aliphatic heterocycles. The predicted molar refractivity (Wildman–Crippen MR) is 102 cm³/mol. The summed E-state index contributed by atoms with van der Waals surface area (Å²) in [6.07, 6.45) is 0.358. The highest BCUT2D eigenvalue weighted by Gasteiger charge is 2.33. The number of benzene rings is 1. The van der Waals surface area contributed by atoms with Crippen LogP contribution in [0.2, 0.25) is 0 Å². The van der Waals surface area contributed by atoms with Crippen LogP contribution in [0, 0.1) is 0 Å². The second-order valence-electron chi connectivity index (χ2n) is 6.47. The van der Waals surface area contributed by atoms with Crippen molar-refractivity contribution >= 4 is 27.5 Å². The van der Waals surface area contributed by atoms with E-state index in [1.54, 1.807) is 13.2 Å². The highest BCUT2D eigenvalue weighted by molar-refractivity contribution is 7.21. The van der Waals surface area contributed by atoms with Gasteiger partial charge in [-0.3, -0.25) is 9.36 Å². The van der Waals surface area contributed by atoms with E-state index in [1.165, 1.54) is 29.8 Å². The van der Waals surface area contributed by atoms with Crippen LogP contribution in [0.3, 0.4) is 0 Å². The van der Waals surface area contributed by atoms with E-state index >= 15 is 0 Å². The standard InChI is InChI=1S/C19H20N2O4S/c1-19(2,18(23)24)21-15(9-10-25-3)20-16-13(17(21)22)11-14(26-16)12-7-5-4-6-8-12/h4-8,11H,9-10H2,1-3H3,(H,23,24). The fourth-order valence-corrected chi connectivity index (χ4v) is 3.85. The summed E-state index contributed by atoms with van der Waals surface area (Å²) in [5.41, 5.74) is -0.750. The lowest BCUT2D eigenvalue weighted by Crippen LogP contribution is -2.45. The Morgan fingerprint density at radius 3 is 2.62 bits per heavy atom. The highest BCUT2D eigenvalue weighted by atomic mass is 32.1. The Labute approximate surface area is 154 Å². The Morgan fingerprint density at radius 2 is 2.00 bits per heavy atom. The molecule has 1 aromatic carbocycles. The zero-order chi connectivity index (χ0) is 18.9. The summed E-state index contributed by atoms with van der Waals surface area (Å²) in [5.74, 6) is -0.670. The van der Waals surface area contributed by atoms with Gasteiger partial charge in [-0.25, -0.2) is 9.78 Å². The minimum Gasteiger partial charge on any atom is -0.480 e. The molecule has 0 atom stereocenters. The molecule has 1 N–H and O–H groups in total. The van der Waals surface area contributed by atoms with Crippen LogP contribution in [0.25, 0.3) is 20.7 Å². The summed E-state index contributed by atoms with van der Waals surface area (Å²) in [7, 11) is 1.56. The van der Waals surface area contributed by atoms with Crippen LogP contribution >= 0.6 is 11.3 Å². The zero-order valence-electron chi connectivity index (χ0n) is 14.9. The largest absolute Gasteiger partial charge is 0.480 e. The van der Waals surface area contributed by atoms with Crippen molar-refractivity contribution in [3.63, 3.8) is 0 Å². The quantitative estimate of drug-likeness (QED) is 0.719. The van der Waals surface area contributed by atoms with Crippen molar-refractivity contribution in [2.75, 3.05) is 13.7 Å². The number of nitrogens with zero attached hydrogens (tertiary/aromatic N) is 2. The Kier molecular flexibility index (Phi) is 4.93. The molecule has 0 saturated carbocycles. The molecule has 136 valence electrons. The SMILES string of the molecule is COCCc1nc2sc(-c3ccccc3)cc2c(=O)n1C(C)(C)C(=O)O. The number of aliphatic carboxylic acids is 1. The molecule has 6 nitrogen and oxygen atoms in total. The van der Waals surface area contributed by atoms with Crippen LogP contribution in [0.5, 0.6) is 0 Å². The van der Waals surface area contributed by atoms with Gasteiger partial charge in [-0.2, -0.15) is 0 Å². The first kappa shape index (κ1) is 18.3. The number of carboxylic acid groups (broad SMARTS) is 1. The lowest BCUT2D eigenvalue weighted by Gasteiger charge is -2.25. The second-order valence-corrected chi connectivity index (χ2v) is 7.50. The highest BCUT2D eigenvalue weighted by Crippen LogP contribution is 2.31. The number of ether oxygens (including phenoxy) is 1. The molecule has 0 spiro atoms. The summed E-state index contributed by atoms with van der Waals surface area (Å²) in [5, 5.41) is 10.0. The number of thiophene rings is 1. The van der Waals surface area contributed by atoms with Crippen molar-refractivity contribution in [3.05, 3.63) is 52.6 Å². The second kappa shape index (κ2) is 7.01. The number of carbonyl (C=O) groups is 1. The average Bonchev–Trinajstić information content (AvgIpc) is 3.05. The van der Waals surface area contributed by atoms with E-state index in [2.05, 4.69) is 4.98 Å². The zero-order valence-corrected chi connectivity index (χ0v) is 15.7. The average molecular weight is 372 g/mol. The van der Waals surface area contributed by atoms with Crippen molar-refractivity contribution in [2.24, 2.45) is 0 Å². The van der Waals surface area contributed by atoms with Crippen molar-refractivity contribution < 1.29 is 14.6 Å². The molecule has 0 fully saturated rings. The van der Waals surface area contributed by atoms with Gasteiger partial charge in [0.25, 0.3) is 5.56 Å². The minimum atomic E-state index is -1.41. The molecule has 0 aliphatic carbocycles. The van der Waals surface area contributed by atoms with Crippen LogP contribution in [0.4, 0.5) is 0 Å². The number of fused-ring (bicyclic) bond motifs is 1. The van der Waals surface area contributed by atoms with E-state index < -0.39 is 11.5 Å². The van der Waals surface area contributed by atoms with E-state index in [0.29, 0.717) is 29.1 Å². The molecule has 0 amide bonds. The van der Waals surface area contributed by atoms with Crippen LogP contribution in [-0.4, -0.2) is 34.3 Å². The first-order valence-electron chi connectivity index (χ1n) is 8.20. The molecule has 0 saturated heterocycles. The third kappa shape index (κ3) is 3.15. The number of carboxylic acids is 1. The minimum absolute atomic E-state index is 0.341. The Balaban J connectivity index is 2.26. The number of hydrogen-bond donors (Lipinski definition) is 1. The third-order valence-corrected chi connectivity index (χ3v) is 5.38. The van der Waals surface area contributed by atoms with Gasteiger partial charge in [0.2, 0.25) is 0 Å². The van der Waals surface area contributed by atoms with Gasteiger partial charge in [0, 0.05) is 18.4 Å². The maximum absolute atomic E-state index is 13.1. The van der Waals surface area contributed by atoms with Gasteiger partial charge in [-0.05, 0) is 25.5 Å². The van der Waals surface area contributed by atoms with Crippen LogP contribution in [0.15, 0.2) is 41.2 Å². The van der Waals surface area contributed by atoms with Crippen LogP contribution < -0.4 is 5.56 Å². The molecule has 0 aliphatic rings. The van der Waals surface area contributed by atoms with Crippen LogP contribution in [0.1, 0.15) is 19.7 Å². The smallest absolute Gasteiger partial charge is 0.329 e. The normalized spacial score (nSPS) is 11.8. The summed E-state index contributed by atoms with van der Waals surface area (Å²) in [6.45, 7) is 3.36. The van der Waals surface area contributed by atoms with Gasteiger partial charge < -0.3 is 9.84 Å². The Morgan fingerprint density at radius 1 is 1.31 bits per heavy atom. The van der Waals surface area contributed by atoms with E-state index in [4.69, 9.17) is 4.74 Å². The Bertz CT molecular complexity index is 1010. The van der Waals surface area contributed by atoms with Gasteiger partial charge in [-0.15, -0.1) is 11.3 Å². The van der Waals surface area contributed by atoms with E-state index in [9.17, 15) is 14.7 Å². The molecule has 0 unspecified atom stereocenters. The van der Waals surface area contributed by atoms with Crippen molar-refractivity contribution in [1.82, 2.24) is 9.55 Å². The Hall–Kier alpha value is -2.51. The third-order valence-electron chi connectivity index (χ3n) is 4.31. The van der Waals surface area contributed by atoms with E-state index in [-0.39, 0.29) is 5.56 Å². The maximum Gasteiger partial charge on any atom is 0.329 e. The van der Waals surface area contributed by atoms with Gasteiger partial charge >= 0.3 is 5.97 Å². The topological polar surface area (TPSA) is 81.4 Å². The van der Waals surface area contributed by atoms with Gasteiger partial charge in [-0.1, -0.05) is 30.3 Å². The molecule has 2 heterocycles. The molecule has 26 heavy (non-hydrogen) atoms. The monoisotopic (exact) mass is 372 g/mol. The fraction of sp³-hybridized carbons (Fsp3) is 0.316. The summed E-state index contributed by atoms with van der Waals surface area (Å²) in [4.78, 5) is 31.0. The van der Waals surface area contributed by atoms with E-state index in [0.717, 1.165) is 10.4 Å². The number of hydrogen-bond acceptors (Lipinski definition) is 5. The molecule has 7 heteroatoms. The molecule has 3 rings (SSSR count). The van der Waals surface area contributed by atoms with Gasteiger partial charge in [0.05, 0.1) is 12.0 Å². The number of aromatic nitrogens is 2. The first-order valence-corrected chi connectivity index (χ1v) is 9.01. The van der Waals surface area contributed by atoms with Crippen molar-refractivity contribution in [3.8, 4) is 10.4 Å². The van der Waals surface area contributed by atoms with E-state index in [1.807, 2.05) is 30.3 Å². The van der Waals surface area contributed by atoms with Crippen molar-refractivity contribution in [2.45, 2.75) is 25.8 Å². The first-order chi connectivity index (χ1) is 12.4. The fourth-order valence-electron chi connectivity index (χ4n) is 2.80. The number of methoxy groups -OCH3 is 1.